The second-order valence-corrected chi connectivity index (χ2v) is 10.4. The van der Waals surface area contributed by atoms with E-state index in [1.807, 2.05) is 20.1 Å². The molecule has 0 bridgehead atoms. The fourth-order valence-corrected chi connectivity index (χ4v) is 4.80. The number of ether oxygens (including phenoxy) is 1. The van der Waals surface area contributed by atoms with Gasteiger partial charge in [0.2, 0.25) is 11.7 Å². The Morgan fingerprint density at radius 2 is 1.69 bits per heavy atom. The normalized spacial score (nSPS) is 19.2. The molecule has 9 heteroatoms. The first-order chi connectivity index (χ1) is 15.3. The number of hydrogen-bond donors (Lipinski definition) is 3. The summed E-state index contributed by atoms with van der Waals surface area (Å²) in [6.07, 6.45) is 9.04. The quantitative estimate of drug-likeness (QED) is 0.401. The molecule has 2 aliphatic rings. The zero-order valence-electron chi connectivity index (χ0n) is 19.7. The fraction of sp³-hybridized carbons (Fsp3) is 0.826. The van der Waals surface area contributed by atoms with E-state index < -0.39 is 35.3 Å². The second kappa shape index (κ2) is 13.1. The number of alkyl carbamates (subject to hydrolysis) is 1. The molecule has 0 spiro atoms. The molecule has 1 atom stereocenters. The number of carbonyl (C=O) groups excluding carboxylic acids is 4. The molecule has 2 rings (SSSR count). The number of ketones is 1. The van der Waals surface area contributed by atoms with Gasteiger partial charge in [0.05, 0.1) is 12.6 Å². The van der Waals surface area contributed by atoms with Crippen molar-refractivity contribution in [1.29, 1.82) is 0 Å². The zero-order valence-corrected chi connectivity index (χ0v) is 20.5. The Balaban J connectivity index is 2.08. The molecule has 0 aromatic rings. The number of thioether (sulfide) groups is 1. The summed E-state index contributed by atoms with van der Waals surface area (Å²) in [5.74, 6) is -0.849. The predicted molar refractivity (Wildman–Crippen MR) is 125 cm³/mol. The van der Waals surface area contributed by atoms with Gasteiger partial charge in [-0.15, -0.1) is 0 Å². The largest absolute Gasteiger partial charge is 0.449 e. The monoisotopic (exact) mass is 469 g/mol. The molecule has 0 radical (unpaired) electrons. The van der Waals surface area contributed by atoms with E-state index >= 15 is 0 Å². The molecular formula is C23H39N3O5S. The van der Waals surface area contributed by atoms with Crippen LogP contribution < -0.4 is 16.0 Å². The molecular weight excluding hydrogens is 430 g/mol. The van der Waals surface area contributed by atoms with Gasteiger partial charge in [-0.05, 0) is 50.0 Å². The number of nitrogens with one attached hydrogen (secondary N) is 3. The summed E-state index contributed by atoms with van der Waals surface area (Å²) in [6, 6.07) is -0.880. The van der Waals surface area contributed by atoms with Crippen LogP contribution in [-0.2, 0) is 19.1 Å². The molecule has 0 aromatic heterocycles. The van der Waals surface area contributed by atoms with E-state index in [2.05, 4.69) is 16.0 Å². The molecule has 8 nitrogen and oxygen atoms in total. The number of Topliss-reactive ketones (excluding diaryl/α,β-unsaturated/α-hetero) is 1. The van der Waals surface area contributed by atoms with Crippen molar-refractivity contribution in [3.63, 3.8) is 0 Å². The lowest BCUT2D eigenvalue weighted by Crippen LogP contribution is -2.62. The molecule has 0 aliphatic heterocycles. The highest BCUT2D eigenvalue weighted by Crippen LogP contribution is 2.29. The molecule has 3 N–H and O–H groups in total. The van der Waals surface area contributed by atoms with Crippen molar-refractivity contribution in [2.24, 2.45) is 5.92 Å². The molecule has 1 unspecified atom stereocenters. The van der Waals surface area contributed by atoms with Crippen LogP contribution in [0.4, 0.5) is 4.79 Å². The van der Waals surface area contributed by atoms with Crippen LogP contribution in [0.1, 0.15) is 78.1 Å². The summed E-state index contributed by atoms with van der Waals surface area (Å²) in [4.78, 5) is 51.2. The second-order valence-electron chi connectivity index (χ2n) is 9.39. The zero-order chi connectivity index (χ0) is 23.6. The number of rotatable bonds is 11. The maximum Gasteiger partial charge on any atom is 0.408 e. The van der Waals surface area contributed by atoms with Crippen molar-refractivity contribution < 1.29 is 23.9 Å². The Morgan fingerprint density at radius 3 is 2.28 bits per heavy atom. The minimum Gasteiger partial charge on any atom is -0.449 e. The minimum atomic E-state index is -1.12. The van der Waals surface area contributed by atoms with Gasteiger partial charge in [-0.2, -0.15) is 11.8 Å². The average Bonchev–Trinajstić information content (AvgIpc) is 3.28. The standard InChI is InChI=1S/C23H39N3O5S/c1-16(2)15-31-22(30)26-23(12-7-4-8-13-23)21(29)25-18(11-14-32-3)19(27)20(28)24-17-9-5-6-10-17/h16-18H,4-15H2,1-3H3,(H,24,28)(H,25,29)(H,26,30). The Morgan fingerprint density at radius 1 is 1.03 bits per heavy atom. The van der Waals surface area contributed by atoms with E-state index in [4.69, 9.17) is 4.74 Å². The third kappa shape index (κ3) is 7.98. The molecule has 182 valence electrons. The highest BCUT2D eigenvalue weighted by molar-refractivity contribution is 7.98. The van der Waals surface area contributed by atoms with Gasteiger partial charge in [0.15, 0.2) is 0 Å². The number of amides is 3. The van der Waals surface area contributed by atoms with Crippen LogP contribution in [0.5, 0.6) is 0 Å². The fourth-order valence-electron chi connectivity index (χ4n) is 4.32. The summed E-state index contributed by atoms with van der Waals surface area (Å²) in [5, 5.41) is 8.41. The van der Waals surface area contributed by atoms with Gasteiger partial charge < -0.3 is 20.7 Å². The van der Waals surface area contributed by atoms with Crippen molar-refractivity contribution in [1.82, 2.24) is 16.0 Å². The Bertz CT molecular complexity index is 658. The van der Waals surface area contributed by atoms with Gasteiger partial charge in [-0.25, -0.2) is 4.79 Å². The summed E-state index contributed by atoms with van der Waals surface area (Å²) in [6.45, 7) is 4.14. The first kappa shape index (κ1) is 26.5. The summed E-state index contributed by atoms with van der Waals surface area (Å²) in [5.41, 5.74) is -1.12. The Kier molecular flexibility index (Phi) is 10.8. The minimum absolute atomic E-state index is 0.0328. The van der Waals surface area contributed by atoms with Crippen molar-refractivity contribution in [2.45, 2.75) is 95.7 Å². The van der Waals surface area contributed by atoms with Crippen LogP contribution in [0.15, 0.2) is 0 Å². The Hall–Kier alpha value is -1.77. The van der Waals surface area contributed by atoms with Crippen LogP contribution >= 0.6 is 11.8 Å². The maximum atomic E-state index is 13.4. The van der Waals surface area contributed by atoms with Gasteiger partial charge in [0.25, 0.3) is 5.91 Å². The third-order valence-corrected chi connectivity index (χ3v) is 6.82. The Labute approximate surface area is 195 Å². The van der Waals surface area contributed by atoms with Gasteiger partial charge in [0, 0.05) is 6.04 Å². The highest BCUT2D eigenvalue weighted by atomic mass is 32.2. The van der Waals surface area contributed by atoms with Gasteiger partial charge in [-0.3, -0.25) is 14.4 Å². The molecule has 0 aromatic carbocycles. The van der Waals surface area contributed by atoms with E-state index in [-0.39, 0.29) is 18.6 Å². The van der Waals surface area contributed by atoms with Crippen molar-refractivity contribution in [2.75, 3.05) is 18.6 Å². The summed E-state index contributed by atoms with van der Waals surface area (Å²) < 4.78 is 5.25. The summed E-state index contributed by atoms with van der Waals surface area (Å²) in [7, 11) is 0. The van der Waals surface area contributed by atoms with Crippen LogP contribution in [-0.4, -0.2) is 59.9 Å². The third-order valence-electron chi connectivity index (χ3n) is 6.18. The summed E-state index contributed by atoms with van der Waals surface area (Å²) >= 11 is 1.55. The molecule has 0 heterocycles. The van der Waals surface area contributed by atoms with E-state index in [0.717, 1.165) is 44.9 Å². The number of hydrogen-bond acceptors (Lipinski definition) is 6. The van der Waals surface area contributed by atoms with E-state index in [1.165, 1.54) is 0 Å². The molecule has 32 heavy (non-hydrogen) atoms. The molecule has 2 aliphatic carbocycles. The van der Waals surface area contributed by atoms with Crippen LogP contribution in [0.3, 0.4) is 0 Å². The number of carbonyl (C=O) groups is 4. The van der Waals surface area contributed by atoms with Crippen LogP contribution in [0, 0.1) is 5.92 Å². The molecule has 2 saturated carbocycles. The lowest BCUT2D eigenvalue weighted by Gasteiger charge is -2.37. The predicted octanol–water partition coefficient (Wildman–Crippen LogP) is 2.94. The molecule has 0 saturated heterocycles. The van der Waals surface area contributed by atoms with Gasteiger partial charge in [-0.1, -0.05) is 46.0 Å². The first-order valence-electron chi connectivity index (χ1n) is 11.9. The lowest BCUT2D eigenvalue weighted by atomic mass is 9.80. The highest BCUT2D eigenvalue weighted by Gasteiger charge is 2.43. The van der Waals surface area contributed by atoms with Gasteiger partial charge >= 0.3 is 6.09 Å². The van der Waals surface area contributed by atoms with Crippen LogP contribution in [0.25, 0.3) is 0 Å². The first-order valence-corrected chi connectivity index (χ1v) is 13.3. The van der Waals surface area contributed by atoms with Crippen molar-refractivity contribution >= 4 is 35.5 Å². The topological polar surface area (TPSA) is 114 Å². The van der Waals surface area contributed by atoms with Crippen LogP contribution in [0.2, 0.25) is 0 Å². The smallest absolute Gasteiger partial charge is 0.408 e. The van der Waals surface area contributed by atoms with E-state index in [1.54, 1.807) is 11.8 Å². The average molecular weight is 470 g/mol. The van der Waals surface area contributed by atoms with E-state index in [9.17, 15) is 19.2 Å². The molecule has 2 fully saturated rings. The van der Waals surface area contributed by atoms with Gasteiger partial charge in [0.1, 0.15) is 5.54 Å². The molecule has 3 amide bonds. The van der Waals surface area contributed by atoms with E-state index in [0.29, 0.717) is 25.0 Å². The van der Waals surface area contributed by atoms with Crippen molar-refractivity contribution in [3.8, 4) is 0 Å². The SMILES string of the molecule is CSCCC(NC(=O)C1(NC(=O)OCC(C)C)CCCCC1)C(=O)C(=O)NC1CCCC1. The lowest BCUT2D eigenvalue weighted by molar-refractivity contribution is -0.141. The van der Waals surface area contributed by atoms with Crippen molar-refractivity contribution in [3.05, 3.63) is 0 Å². The maximum absolute atomic E-state index is 13.4.